The Labute approximate surface area is 126 Å². The van der Waals surface area contributed by atoms with Gasteiger partial charge in [0.25, 0.3) is 6.43 Å². The molecule has 1 rings (SSSR count). The zero-order valence-corrected chi connectivity index (χ0v) is 13.3. The summed E-state index contributed by atoms with van der Waals surface area (Å²) < 4.78 is 29.7. The van der Waals surface area contributed by atoms with Gasteiger partial charge in [-0.15, -0.1) is 0 Å². The second-order valence-corrected chi connectivity index (χ2v) is 5.04. The fraction of sp³-hybridized carbons (Fsp3) is 0.692. The van der Waals surface area contributed by atoms with Crippen LogP contribution in [0.15, 0.2) is 4.47 Å². The Morgan fingerprint density at radius 3 is 2.65 bits per heavy atom. The number of hydrogen-bond donors (Lipinski definition) is 1. The number of halogens is 3. The third-order valence-electron chi connectivity index (χ3n) is 2.56. The van der Waals surface area contributed by atoms with Gasteiger partial charge in [-0.2, -0.15) is 0 Å². The van der Waals surface area contributed by atoms with Crippen LogP contribution in [0, 0.1) is 0 Å². The Bertz CT molecular complexity index is 419. The first-order chi connectivity index (χ1) is 9.58. The van der Waals surface area contributed by atoms with Crippen LogP contribution < -0.4 is 5.32 Å². The van der Waals surface area contributed by atoms with Gasteiger partial charge in [-0.1, -0.05) is 13.8 Å². The summed E-state index contributed by atoms with van der Waals surface area (Å²) in [7, 11) is 0. The molecule has 0 aromatic carbocycles. The molecule has 0 aliphatic carbocycles. The maximum atomic E-state index is 12.0. The highest BCUT2D eigenvalue weighted by Gasteiger charge is 2.11. The lowest BCUT2D eigenvalue weighted by molar-refractivity contribution is 0.0183. The summed E-state index contributed by atoms with van der Waals surface area (Å²) in [6.45, 7) is 4.55. The lowest BCUT2D eigenvalue weighted by atomic mass is 10.3. The molecule has 0 radical (unpaired) electrons. The van der Waals surface area contributed by atoms with Gasteiger partial charge in [0.2, 0.25) is 0 Å². The average Bonchev–Trinajstić information content (AvgIpc) is 2.43. The number of aryl methyl sites for hydroxylation is 1. The minimum atomic E-state index is -2.44. The summed E-state index contributed by atoms with van der Waals surface area (Å²) in [5.41, 5.74) is 0.905. The Hall–Kier alpha value is -0.820. The molecule has 7 heteroatoms. The van der Waals surface area contributed by atoms with Crippen molar-refractivity contribution in [2.75, 3.05) is 25.1 Å². The Balaban J connectivity index is 2.69. The number of ether oxygens (including phenoxy) is 1. The summed E-state index contributed by atoms with van der Waals surface area (Å²) in [5.74, 6) is 1.36. The van der Waals surface area contributed by atoms with Crippen LogP contribution in [0.2, 0.25) is 0 Å². The summed E-state index contributed by atoms with van der Waals surface area (Å²) in [5, 5.41) is 3.23. The third-order valence-corrected chi connectivity index (χ3v) is 3.39. The summed E-state index contributed by atoms with van der Waals surface area (Å²) in [4.78, 5) is 8.81. The minimum absolute atomic E-state index is 0.197. The van der Waals surface area contributed by atoms with Gasteiger partial charge in [-0.05, 0) is 28.8 Å². The maximum Gasteiger partial charge on any atom is 0.261 e. The van der Waals surface area contributed by atoms with Gasteiger partial charge in [0, 0.05) is 13.0 Å². The monoisotopic (exact) mass is 351 g/mol. The molecule has 0 amide bonds. The van der Waals surface area contributed by atoms with E-state index >= 15 is 0 Å². The highest BCUT2D eigenvalue weighted by atomic mass is 79.9. The van der Waals surface area contributed by atoms with E-state index in [2.05, 4.69) is 38.1 Å². The van der Waals surface area contributed by atoms with Gasteiger partial charge in [-0.3, -0.25) is 0 Å². The van der Waals surface area contributed by atoms with Gasteiger partial charge in [0.05, 0.1) is 16.8 Å². The van der Waals surface area contributed by atoms with Gasteiger partial charge >= 0.3 is 0 Å². The molecule has 114 valence electrons. The van der Waals surface area contributed by atoms with E-state index in [9.17, 15) is 8.78 Å². The second-order valence-electron chi connectivity index (χ2n) is 4.25. The topological polar surface area (TPSA) is 47.0 Å². The predicted octanol–water partition coefficient (Wildman–Crippen LogP) is 3.45. The van der Waals surface area contributed by atoms with Crippen LogP contribution in [0.25, 0.3) is 0 Å². The molecular weight excluding hydrogens is 332 g/mol. The molecule has 0 bridgehead atoms. The van der Waals surface area contributed by atoms with E-state index in [1.165, 1.54) is 0 Å². The molecule has 0 aliphatic rings. The van der Waals surface area contributed by atoms with Crippen molar-refractivity contribution in [3.05, 3.63) is 16.0 Å². The van der Waals surface area contributed by atoms with Crippen LogP contribution in [0.1, 0.15) is 31.8 Å². The van der Waals surface area contributed by atoms with Crippen molar-refractivity contribution in [1.82, 2.24) is 9.97 Å². The van der Waals surface area contributed by atoms with Crippen molar-refractivity contribution in [3.63, 3.8) is 0 Å². The molecule has 0 spiro atoms. The molecule has 1 N–H and O–H groups in total. The smallest absolute Gasteiger partial charge is 0.261 e. The first-order valence-corrected chi connectivity index (χ1v) is 7.52. The van der Waals surface area contributed by atoms with E-state index in [4.69, 9.17) is 4.74 Å². The van der Waals surface area contributed by atoms with E-state index in [-0.39, 0.29) is 6.61 Å². The highest BCUT2D eigenvalue weighted by Crippen LogP contribution is 2.24. The van der Waals surface area contributed by atoms with Crippen LogP contribution in [-0.2, 0) is 17.6 Å². The van der Waals surface area contributed by atoms with Gasteiger partial charge in [0.1, 0.15) is 18.2 Å². The highest BCUT2D eigenvalue weighted by molar-refractivity contribution is 9.10. The number of nitrogens with one attached hydrogen (secondary N) is 1. The van der Waals surface area contributed by atoms with E-state index in [1.54, 1.807) is 0 Å². The van der Waals surface area contributed by atoms with Gasteiger partial charge in [-0.25, -0.2) is 18.7 Å². The van der Waals surface area contributed by atoms with Crippen LogP contribution in [0.5, 0.6) is 0 Å². The van der Waals surface area contributed by atoms with Gasteiger partial charge < -0.3 is 10.1 Å². The van der Waals surface area contributed by atoms with Crippen molar-refractivity contribution in [2.45, 2.75) is 39.5 Å². The van der Waals surface area contributed by atoms with Crippen molar-refractivity contribution >= 4 is 21.7 Å². The van der Waals surface area contributed by atoms with Gasteiger partial charge in [0.15, 0.2) is 0 Å². The van der Waals surface area contributed by atoms with Crippen molar-refractivity contribution in [1.29, 1.82) is 0 Å². The Kier molecular flexibility index (Phi) is 7.91. The quantitative estimate of drug-likeness (QED) is 0.692. The number of hydrogen-bond acceptors (Lipinski definition) is 4. The fourth-order valence-corrected chi connectivity index (χ4v) is 2.19. The zero-order valence-electron chi connectivity index (χ0n) is 11.8. The molecule has 4 nitrogen and oxygen atoms in total. The SMILES string of the molecule is CCCNc1nc(CCOCC(F)F)nc(CC)c1Br. The van der Waals surface area contributed by atoms with E-state index < -0.39 is 13.0 Å². The van der Waals surface area contributed by atoms with Crippen LogP contribution >= 0.6 is 15.9 Å². The Morgan fingerprint density at radius 2 is 2.05 bits per heavy atom. The molecule has 20 heavy (non-hydrogen) atoms. The summed E-state index contributed by atoms with van der Waals surface area (Å²) >= 11 is 3.49. The third kappa shape index (κ3) is 5.66. The van der Waals surface area contributed by atoms with Crippen LogP contribution in [0.4, 0.5) is 14.6 Å². The standard InChI is InChI=1S/C13H20BrF2N3O/c1-3-6-17-13-12(14)9(4-2)18-11(19-13)5-7-20-8-10(15)16/h10H,3-8H2,1-2H3,(H,17,18,19). The number of rotatable bonds is 9. The van der Waals surface area contributed by atoms with E-state index in [1.807, 2.05) is 6.92 Å². The second kappa shape index (κ2) is 9.18. The molecule has 0 atom stereocenters. The lowest BCUT2D eigenvalue weighted by Crippen LogP contribution is -2.12. The minimum Gasteiger partial charge on any atom is -0.375 e. The number of nitrogens with zero attached hydrogens (tertiary/aromatic N) is 2. The predicted molar refractivity (Wildman–Crippen MR) is 78.4 cm³/mol. The van der Waals surface area contributed by atoms with Crippen molar-refractivity contribution < 1.29 is 13.5 Å². The first-order valence-electron chi connectivity index (χ1n) is 6.73. The fourth-order valence-electron chi connectivity index (χ4n) is 1.59. The number of alkyl halides is 2. The van der Waals surface area contributed by atoms with Crippen LogP contribution in [0.3, 0.4) is 0 Å². The first kappa shape index (κ1) is 17.2. The molecular formula is C13H20BrF2N3O. The van der Waals surface area contributed by atoms with Crippen molar-refractivity contribution in [3.8, 4) is 0 Å². The summed E-state index contributed by atoms with van der Waals surface area (Å²) in [6, 6.07) is 0. The van der Waals surface area contributed by atoms with E-state index in [0.717, 1.165) is 35.4 Å². The molecule has 0 fully saturated rings. The number of aromatic nitrogens is 2. The molecule has 1 aromatic rings. The largest absolute Gasteiger partial charge is 0.375 e. The zero-order chi connectivity index (χ0) is 15.0. The molecule has 1 aromatic heterocycles. The molecule has 0 saturated heterocycles. The Morgan fingerprint density at radius 1 is 1.30 bits per heavy atom. The van der Waals surface area contributed by atoms with Crippen LogP contribution in [-0.4, -0.2) is 36.2 Å². The van der Waals surface area contributed by atoms with Crippen molar-refractivity contribution in [2.24, 2.45) is 0 Å². The lowest BCUT2D eigenvalue weighted by Gasteiger charge is -2.12. The molecule has 0 aliphatic heterocycles. The molecule has 0 unspecified atom stereocenters. The number of anilines is 1. The molecule has 1 heterocycles. The average molecular weight is 352 g/mol. The normalized spacial score (nSPS) is 11.1. The van der Waals surface area contributed by atoms with E-state index in [0.29, 0.717) is 12.2 Å². The molecule has 0 saturated carbocycles. The maximum absolute atomic E-state index is 12.0. The summed E-state index contributed by atoms with van der Waals surface area (Å²) in [6.07, 6.45) is -0.248.